The highest BCUT2D eigenvalue weighted by Crippen LogP contribution is 2.47. The van der Waals surface area contributed by atoms with Crippen LogP contribution in [0.1, 0.15) is 47.8 Å². The Hall–Kier alpha value is -3.37. The lowest BCUT2D eigenvalue weighted by atomic mass is 9.78. The van der Waals surface area contributed by atoms with Crippen LogP contribution in [0.5, 0.6) is 0 Å². The Balaban J connectivity index is 1.85. The summed E-state index contributed by atoms with van der Waals surface area (Å²) in [6.07, 6.45) is 0. The van der Waals surface area contributed by atoms with Crippen LogP contribution in [0.4, 0.5) is 5.69 Å². The van der Waals surface area contributed by atoms with Gasteiger partial charge >= 0.3 is 5.97 Å². The molecule has 33 heavy (non-hydrogen) atoms. The Labute approximate surface area is 199 Å². The molecule has 0 radical (unpaired) electrons. The van der Waals surface area contributed by atoms with Gasteiger partial charge in [-0.1, -0.05) is 74.8 Å². The molecular weight excluding hydrogens is 434 g/mol. The number of para-hydroxylation sites is 1. The van der Waals surface area contributed by atoms with Crippen LogP contribution in [0.2, 0.25) is 5.02 Å². The minimum absolute atomic E-state index is 0.0560. The smallest absolute Gasteiger partial charge is 0.337 e. The lowest BCUT2D eigenvalue weighted by Crippen LogP contribution is -2.27. The number of benzene rings is 3. The standard InChI is InChI=1S/C28H26ClNO3/c1-28(2,3)25(19-12-14-21(29)15-13-19)24-22-10-5-6-11-23(22)30(26(24)31)17-18-8-7-9-20(16-18)27(32)33-4/h5-16H,17H2,1-4H3/b25-24-. The average Bonchev–Trinajstić information content (AvgIpc) is 3.05. The van der Waals surface area contributed by atoms with Gasteiger partial charge in [-0.2, -0.15) is 0 Å². The third-order valence-corrected chi connectivity index (χ3v) is 6.00. The topological polar surface area (TPSA) is 46.6 Å². The predicted molar refractivity (Wildman–Crippen MR) is 133 cm³/mol. The van der Waals surface area contributed by atoms with Crippen LogP contribution >= 0.6 is 11.6 Å². The van der Waals surface area contributed by atoms with Crippen LogP contribution in [0, 0.1) is 5.41 Å². The quantitative estimate of drug-likeness (QED) is 0.325. The van der Waals surface area contributed by atoms with Crippen molar-refractivity contribution in [2.75, 3.05) is 12.0 Å². The van der Waals surface area contributed by atoms with Gasteiger partial charge in [0.05, 0.1) is 30.5 Å². The summed E-state index contributed by atoms with van der Waals surface area (Å²) in [5.74, 6) is -0.456. The minimum atomic E-state index is -0.400. The van der Waals surface area contributed by atoms with Crippen molar-refractivity contribution in [2.45, 2.75) is 27.3 Å². The number of hydrogen-bond acceptors (Lipinski definition) is 3. The largest absolute Gasteiger partial charge is 0.465 e. The Morgan fingerprint density at radius 2 is 1.64 bits per heavy atom. The zero-order valence-corrected chi connectivity index (χ0v) is 19.9. The predicted octanol–water partition coefficient (Wildman–Crippen LogP) is 6.63. The fraction of sp³-hybridized carbons (Fsp3) is 0.214. The number of esters is 1. The first-order chi connectivity index (χ1) is 15.7. The molecule has 4 rings (SSSR count). The maximum Gasteiger partial charge on any atom is 0.337 e. The number of methoxy groups -OCH3 is 1. The first-order valence-electron chi connectivity index (χ1n) is 10.8. The van der Waals surface area contributed by atoms with E-state index in [0.29, 0.717) is 22.7 Å². The van der Waals surface area contributed by atoms with Crippen molar-refractivity contribution < 1.29 is 14.3 Å². The molecule has 3 aromatic rings. The zero-order chi connectivity index (χ0) is 23.8. The molecule has 0 spiro atoms. The normalized spacial score (nSPS) is 14.8. The Kier molecular flexibility index (Phi) is 6.13. The fourth-order valence-corrected chi connectivity index (χ4v) is 4.47. The first kappa shape index (κ1) is 22.8. The summed E-state index contributed by atoms with van der Waals surface area (Å²) in [6, 6.07) is 22.7. The monoisotopic (exact) mass is 459 g/mol. The van der Waals surface area contributed by atoms with Gasteiger partial charge < -0.3 is 9.64 Å². The molecule has 0 unspecified atom stereocenters. The third-order valence-electron chi connectivity index (χ3n) is 5.74. The summed E-state index contributed by atoms with van der Waals surface area (Å²) in [5, 5.41) is 0.655. The number of carbonyl (C=O) groups is 2. The van der Waals surface area contributed by atoms with Crippen LogP contribution < -0.4 is 4.90 Å². The molecule has 1 amide bonds. The second kappa shape index (κ2) is 8.87. The molecule has 5 heteroatoms. The molecule has 0 fully saturated rings. The molecule has 4 nitrogen and oxygen atoms in total. The highest BCUT2D eigenvalue weighted by molar-refractivity contribution is 6.38. The first-order valence-corrected chi connectivity index (χ1v) is 11.2. The summed E-state index contributed by atoms with van der Waals surface area (Å²) < 4.78 is 4.85. The van der Waals surface area contributed by atoms with Crippen LogP contribution in [0.3, 0.4) is 0 Å². The third kappa shape index (κ3) is 4.44. The van der Waals surface area contributed by atoms with E-state index in [2.05, 4.69) is 20.8 Å². The van der Waals surface area contributed by atoms with Crippen molar-refractivity contribution in [1.82, 2.24) is 0 Å². The molecule has 1 aliphatic heterocycles. The van der Waals surface area contributed by atoms with E-state index in [1.165, 1.54) is 7.11 Å². The number of rotatable bonds is 4. The van der Waals surface area contributed by atoms with Crippen molar-refractivity contribution in [3.8, 4) is 0 Å². The lowest BCUT2D eigenvalue weighted by Gasteiger charge is -2.26. The van der Waals surface area contributed by atoms with Gasteiger partial charge in [-0.3, -0.25) is 4.79 Å². The summed E-state index contributed by atoms with van der Waals surface area (Å²) in [6.45, 7) is 6.69. The van der Waals surface area contributed by atoms with Gasteiger partial charge in [-0.15, -0.1) is 0 Å². The molecule has 0 aromatic heterocycles. The Morgan fingerprint density at radius 3 is 2.30 bits per heavy atom. The molecule has 0 saturated carbocycles. The van der Waals surface area contributed by atoms with E-state index in [9.17, 15) is 9.59 Å². The second-order valence-corrected chi connectivity index (χ2v) is 9.54. The van der Waals surface area contributed by atoms with Gasteiger partial charge in [-0.05, 0) is 52.4 Å². The summed E-state index contributed by atoms with van der Waals surface area (Å²) in [4.78, 5) is 27.7. The van der Waals surface area contributed by atoms with Crippen molar-refractivity contribution >= 4 is 40.3 Å². The molecule has 0 N–H and O–H groups in total. The highest BCUT2D eigenvalue weighted by Gasteiger charge is 2.37. The lowest BCUT2D eigenvalue weighted by molar-refractivity contribution is -0.113. The summed E-state index contributed by atoms with van der Waals surface area (Å²) in [5.41, 5.74) is 5.44. The second-order valence-electron chi connectivity index (χ2n) is 9.11. The molecule has 0 saturated heterocycles. The Morgan fingerprint density at radius 1 is 0.939 bits per heavy atom. The van der Waals surface area contributed by atoms with Gasteiger partial charge in [0.2, 0.25) is 0 Å². The van der Waals surface area contributed by atoms with Crippen molar-refractivity contribution in [2.24, 2.45) is 5.41 Å². The maximum absolute atomic E-state index is 13.9. The van der Waals surface area contributed by atoms with E-state index in [1.54, 1.807) is 23.1 Å². The summed E-state index contributed by atoms with van der Waals surface area (Å²) in [7, 11) is 1.36. The number of allylic oxidation sites excluding steroid dienone is 1. The number of hydrogen-bond donors (Lipinski definition) is 0. The molecule has 1 heterocycles. The van der Waals surface area contributed by atoms with Crippen molar-refractivity contribution in [1.29, 1.82) is 0 Å². The number of anilines is 1. The molecule has 1 aliphatic rings. The fourth-order valence-electron chi connectivity index (χ4n) is 4.34. The van der Waals surface area contributed by atoms with E-state index < -0.39 is 5.97 Å². The van der Waals surface area contributed by atoms with Crippen LogP contribution in [0.15, 0.2) is 72.8 Å². The van der Waals surface area contributed by atoms with Gasteiger partial charge in [0.15, 0.2) is 0 Å². The Bertz CT molecular complexity index is 1250. The maximum atomic E-state index is 13.9. The minimum Gasteiger partial charge on any atom is -0.465 e. The van der Waals surface area contributed by atoms with Crippen LogP contribution in [0.25, 0.3) is 11.1 Å². The molecule has 168 valence electrons. The molecule has 0 atom stereocenters. The van der Waals surface area contributed by atoms with E-state index >= 15 is 0 Å². The number of ether oxygens (including phenoxy) is 1. The van der Waals surface area contributed by atoms with E-state index in [0.717, 1.165) is 28.0 Å². The zero-order valence-electron chi connectivity index (χ0n) is 19.2. The number of fused-ring (bicyclic) bond motifs is 1. The van der Waals surface area contributed by atoms with Crippen molar-refractivity contribution in [3.05, 3.63) is 100 Å². The van der Waals surface area contributed by atoms with Crippen LogP contribution in [-0.4, -0.2) is 19.0 Å². The number of amides is 1. The number of halogens is 1. The van der Waals surface area contributed by atoms with Gasteiger partial charge in [0.25, 0.3) is 5.91 Å². The van der Waals surface area contributed by atoms with E-state index in [-0.39, 0.29) is 11.3 Å². The molecule has 0 aliphatic carbocycles. The number of carbonyl (C=O) groups excluding carboxylic acids is 2. The van der Waals surface area contributed by atoms with Crippen LogP contribution in [-0.2, 0) is 16.1 Å². The molecule has 0 bridgehead atoms. The van der Waals surface area contributed by atoms with Crippen molar-refractivity contribution in [3.63, 3.8) is 0 Å². The van der Waals surface area contributed by atoms with Gasteiger partial charge in [0.1, 0.15) is 0 Å². The van der Waals surface area contributed by atoms with Gasteiger partial charge in [0, 0.05) is 10.6 Å². The number of nitrogens with zero attached hydrogens (tertiary/aromatic N) is 1. The SMILES string of the molecule is COC(=O)c1cccc(CN2C(=O)/C(=C(/c3ccc(Cl)cc3)C(C)(C)C)c3ccccc32)c1. The van der Waals surface area contributed by atoms with E-state index in [1.807, 2.05) is 54.6 Å². The van der Waals surface area contributed by atoms with E-state index in [4.69, 9.17) is 16.3 Å². The molecule has 3 aromatic carbocycles. The summed E-state index contributed by atoms with van der Waals surface area (Å²) >= 11 is 6.13. The highest BCUT2D eigenvalue weighted by atomic mass is 35.5. The molecular formula is C28H26ClNO3. The average molecular weight is 460 g/mol. The van der Waals surface area contributed by atoms with Gasteiger partial charge in [-0.25, -0.2) is 4.79 Å².